The highest BCUT2D eigenvalue weighted by molar-refractivity contribution is 6.32. The molecule has 2 aromatic carbocycles. The van der Waals surface area contributed by atoms with Crippen LogP contribution in [0.1, 0.15) is 6.92 Å². The van der Waals surface area contributed by atoms with Gasteiger partial charge in [0.25, 0.3) is 5.89 Å². The van der Waals surface area contributed by atoms with Crippen LogP contribution in [-0.2, 0) is 0 Å². The summed E-state index contributed by atoms with van der Waals surface area (Å²) in [5, 5.41) is 12.6. The van der Waals surface area contributed by atoms with Gasteiger partial charge < -0.3 is 19.7 Å². The molecule has 0 unspecified atom stereocenters. The van der Waals surface area contributed by atoms with Gasteiger partial charge >= 0.3 is 0 Å². The second-order valence-corrected chi connectivity index (χ2v) is 6.34. The predicted octanol–water partition coefficient (Wildman–Crippen LogP) is 3.63. The van der Waals surface area contributed by atoms with Crippen LogP contribution in [0, 0.1) is 0 Å². The maximum atomic E-state index is 6.21. The van der Waals surface area contributed by atoms with E-state index in [2.05, 4.69) is 20.5 Å². The predicted molar refractivity (Wildman–Crippen MR) is 107 cm³/mol. The number of hydrogen-bond acceptors (Lipinski definition) is 8. The van der Waals surface area contributed by atoms with Crippen LogP contribution in [0.4, 0.5) is 5.82 Å². The molecule has 0 spiro atoms. The topological polar surface area (TPSA) is 114 Å². The summed E-state index contributed by atoms with van der Waals surface area (Å²) >= 11 is 6.18. The first-order valence-corrected chi connectivity index (χ1v) is 9.11. The standard InChI is InChI=1S/C19H17ClN6O3/c1-3-28-13-7-4-11(5-8-13)18-22-19(29-24-18)16-17(21)26(25-23-16)12-6-9-15(27-2)14(20)10-12/h4-10H,3,21H2,1-2H3. The van der Waals surface area contributed by atoms with E-state index in [1.54, 1.807) is 25.3 Å². The molecule has 0 atom stereocenters. The first-order chi connectivity index (χ1) is 14.1. The van der Waals surface area contributed by atoms with Gasteiger partial charge in [0.05, 0.1) is 24.4 Å². The van der Waals surface area contributed by atoms with Crippen molar-refractivity contribution in [2.45, 2.75) is 6.92 Å². The highest BCUT2D eigenvalue weighted by atomic mass is 35.5. The lowest BCUT2D eigenvalue weighted by molar-refractivity contribution is 0.340. The van der Waals surface area contributed by atoms with Crippen molar-refractivity contribution in [1.29, 1.82) is 0 Å². The molecule has 4 aromatic rings. The van der Waals surface area contributed by atoms with Crippen LogP contribution in [-0.4, -0.2) is 38.9 Å². The number of methoxy groups -OCH3 is 1. The lowest BCUT2D eigenvalue weighted by Gasteiger charge is -2.06. The lowest BCUT2D eigenvalue weighted by Crippen LogP contribution is -2.02. The van der Waals surface area contributed by atoms with Crippen LogP contribution >= 0.6 is 11.6 Å². The molecule has 0 aliphatic carbocycles. The number of aromatic nitrogens is 5. The van der Waals surface area contributed by atoms with Gasteiger partial charge in [-0.1, -0.05) is 22.0 Å². The van der Waals surface area contributed by atoms with E-state index in [0.29, 0.717) is 28.9 Å². The van der Waals surface area contributed by atoms with Gasteiger partial charge in [0.2, 0.25) is 5.82 Å². The van der Waals surface area contributed by atoms with Crippen LogP contribution in [0.15, 0.2) is 47.0 Å². The summed E-state index contributed by atoms with van der Waals surface area (Å²) in [6.45, 7) is 2.52. The van der Waals surface area contributed by atoms with E-state index in [9.17, 15) is 0 Å². The van der Waals surface area contributed by atoms with E-state index >= 15 is 0 Å². The molecule has 9 nitrogen and oxygen atoms in total. The number of benzene rings is 2. The summed E-state index contributed by atoms with van der Waals surface area (Å²) in [5.74, 6) is 2.13. The number of nitrogens with zero attached hydrogens (tertiary/aromatic N) is 5. The normalized spacial score (nSPS) is 10.9. The summed E-state index contributed by atoms with van der Waals surface area (Å²) in [6.07, 6.45) is 0. The molecular formula is C19H17ClN6O3. The molecule has 2 aromatic heterocycles. The number of hydrogen-bond donors (Lipinski definition) is 1. The monoisotopic (exact) mass is 412 g/mol. The SMILES string of the molecule is CCOc1ccc(-c2noc(-c3nnn(-c4ccc(OC)c(Cl)c4)c3N)n2)cc1. The molecule has 0 amide bonds. The van der Waals surface area contributed by atoms with Gasteiger partial charge in [-0.25, -0.2) is 0 Å². The minimum atomic E-state index is 0.164. The third-order valence-corrected chi connectivity index (χ3v) is 4.43. The van der Waals surface area contributed by atoms with E-state index in [4.69, 9.17) is 31.3 Å². The Kier molecular flexibility index (Phi) is 5.05. The molecule has 0 fully saturated rings. The molecule has 148 valence electrons. The minimum Gasteiger partial charge on any atom is -0.495 e. The Morgan fingerprint density at radius 2 is 1.97 bits per heavy atom. The fraction of sp³-hybridized carbons (Fsp3) is 0.158. The van der Waals surface area contributed by atoms with Gasteiger partial charge in [0.15, 0.2) is 11.5 Å². The van der Waals surface area contributed by atoms with Gasteiger partial charge in [-0.2, -0.15) is 9.67 Å². The van der Waals surface area contributed by atoms with E-state index in [1.165, 1.54) is 4.68 Å². The van der Waals surface area contributed by atoms with E-state index in [-0.39, 0.29) is 17.4 Å². The molecule has 10 heteroatoms. The smallest absolute Gasteiger partial charge is 0.282 e. The number of ether oxygens (including phenoxy) is 2. The lowest BCUT2D eigenvalue weighted by atomic mass is 10.2. The van der Waals surface area contributed by atoms with Crippen molar-refractivity contribution in [3.05, 3.63) is 47.5 Å². The van der Waals surface area contributed by atoms with Gasteiger partial charge in [0, 0.05) is 5.56 Å². The Bertz CT molecular complexity index is 1140. The van der Waals surface area contributed by atoms with E-state index in [0.717, 1.165) is 11.3 Å². The molecular weight excluding hydrogens is 396 g/mol. The highest BCUT2D eigenvalue weighted by Gasteiger charge is 2.20. The van der Waals surface area contributed by atoms with Crippen LogP contribution in [0.2, 0.25) is 5.02 Å². The zero-order valence-corrected chi connectivity index (χ0v) is 16.4. The molecule has 2 heterocycles. The first kappa shape index (κ1) is 18.8. The molecule has 0 bridgehead atoms. The van der Waals surface area contributed by atoms with E-state index in [1.807, 2.05) is 31.2 Å². The molecule has 2 N–H and O–H groups in total. The summed E-state index contributed by atoms with van der Waals surface area (Å²) in [7, 11) is 1.54. The molecule has 4 rings (SSSR count). The summed E-state index contributed by atoms with van der Waals surface area (Å²) in [5.41, 5.74) is 7.89. The maximum absolute atomic E-state index is 6.21. The van der Waals surface area contributed by atoms with Crippen molar-refractivity contribution in [3.63, 3.8) is 0 Å². The van der Waals surface area contributed by atoms with Crippen molar-refractivity contribution < 1.29 is 14.0 Å². The summed E-state index contributed by atoms with van der Waals surface area (Å²) in [4.78, 5) is 4.38. The van der Waals surface area contributed by atoms with Crippen molar-refractivity contribution in [2.75, 3.05) is 19.5 Å². The Balaban J connectivity index is 1.63. The molecule has 0 saturated heterocycles. The summed E-state index contributed by atoms with van der Waals surface area (Å²) < 4.78 is 17.4. The largest absolute Gasteiger partial charge is 0.495 e. The Labute approximate surface area is 171 Å². The van der Waals surface area contributed by atoms with Crippen LogP contribution in [0.25, 0.3) is 28.7 Å². The Morgan fingerprint density at radius 1 is 1.17 bits per heavy atom. The third kappa shape index (κ3) is 3.59. The second kappa shape index (κ2) is 7.80. The van der Waals surface area contributed by atoms with Crippen LogP contribution in [0.3, 0.4) is 0 Å². The first-order valence-electron chi connectivity index (χ1n) is 8.73. The average molecular weight is 413 g/mol. The number of nitrogens with two attached hydrogens (primary N) is 1. The number of rotatable bonds is 6. The van der Waals surface area contributed by atoms with Crippen LogP contribution in [0.5, 0.6) is 11.5 Å². The fourth-order valence-electron chi connectivity index (χ4n) is 2.72. The van der Waals surface area contributed by atoms with Gasteiger partial charge in [0.1, 0.15) is 11.5 Å². The second-order valence-electron chi connectivity index (χ2n) is 5.93. The summed E-state index contributed by atoms with van der Waals surface area (Å²) in [6, 6.07) is 12.5. The van der Waals surface area contributed by atoms with Crippen LogP contribution < -0.4 is 15.2 Å². The van der Waals surface area contributed by atoms with Crippen molar-refractivity contribution >= 4 is 17.4 Å². The quantitative estimate of drug-likeness (QED) is 0.510. The van der Waals surface area contributed by atoms with Crippen molar-refractivity contribution in [1.82, 2.24) is 25.1 Å². The molecule has 29 heavy (non-hydrogen) atoms. The van der Waals surface area contributed by atoms with Gasteiger partial charge in [-0.15, -0.1) is 5.10 Å². The number of nitrogen functional groups attached to an aromatic ring is 1. The van der Waals surface area contributed by atoms with Gasteiger partial charge in [-0.3, -0.25) is 0 Å². The van der Waals surface area contributed by atoms with Crippen molar-refractivity contribution in [2.24, 2.45) is 0 Å². The van der Waals surface area contributed by atoms with E-state index < -0.39 is 0 Å². The number of halogens is 1. The van der Waals surface area contributed by atoms with Crippen molar-refractivity contribution in [3.8, 4) is 40.2 Å². The molecule has 0 aliphatic heterocycles. The maximum Gasteiger partial charge on any atom is 0.282 e. The molecule has 0 aliphatic rings. The highest BCUT2D eigenvalue weighted by Crippen LogP contribution is 2.30. The fourth-order valence-corrected chi connectivity index (χ4v) is 2.98. The molecule has 0 radical (unpaired) electrons. The third-order valence-electron chi connectivity index (χ3n) is 4.14. The number of anilines is 1. The zero-order valence-electron chi connectivity index (χ0n) is 15.7. The average Bonchev–Trinajstić information content (AvgIpc) is 3.35. The minimum absolute atomic E-state index is 0.164. The zero-order chi connectivity index (χ0) is 20.4. The Morgan fingerprint density at radius 3 is 2.66 bits per heavy atom. The molecule has 0 saturated carbocycles. The Hall–Kier alpha value is -3.59. The van der Waals surface area contributed by atoms with Gasteiger partial charge in [-0.05, 0) is 49.4 Å².